The molecule has 16 heavy (non-hydrogen) atoms. The van der Waals surface area contributed by atoms with E-state index in [1.807, 2.05) is 0 Å². The van der Waals surface area contributed by atoms with Crippen LogP contribution in [0.25, 0.3) is 0 Å². The third kappa shape index (κ3) is 3.35. The number of halogens is 2. The number of hydrogen-bond donors (Lipinski definition) is 0. The highest BCUT2D eigenvalue weighted by atomic mass is 35.7. The Morgan fingerprint density at radius 3 is 2.19 bits per heavy atom. The minimum Gasteiger partial charge on any atom is -0.421 e. The van der Waals surface area contributed by atoms with Crippen molar-refractivity contribution in [2.45, 2.75) is 16.7 Å². The third-order valence-corrected chi connectivity index (χ3v) is 3.63. The van der Waals surface area contributed by atoms with Gasteiger partial charge in [-0.1, -0.05) is 12.6 Å². The molecule has 0 amide bonds. The molecular weight excluding hydrogens is 287 g/mol. The zero-order valence-corrected chi connectivity index (χ0v) is 11.5. The highest BCUT2D eigenvalue weighted by Crippen LogP contribution is 2.41. The Morgan fingerprint density at radius 2 is 1.81 bits per heavy atom. The van der Waals surface area contributed by atoms with Gasteiger partial charge in [0.1, 0.15) is 0 Å². The van der Waals surface area contributed by atoms with E-state index in [4.69, 9.17) is 26.1 Å². The van der Waals surface area contributed by atoms with Crippen LogP contribution in [0.4, 0.5) is 0 Å². The third-order valence-electron chi connectivity index (χ3n) is 1.65. The molecular formula is C10H8Cl2O2S2. The average molecular weight is 295 g/mol. The molecule has 0 heterocycles. The van der Waals surface area contributed by atoms with E-state index in [2.05, 4.69) is 6.58 Å². The Kier molecular flexibility index (Phi) is 5.55. The lowest BCUT2D eigenvalue weighted by Gasteiger charge is -2.10. The lowest BCUT2D eigenvalue weighted by atomic mass is 10.3. The average Bonchev–Trinajstić information content (AvgIpc) is 2.29. The number of esters is 1. The predicted molar refractivity (Wildman–Crippen MR) is 70.3 cm³/mol. The molecule has 0 spiro atoms. The molecule has 6 heteroatoms. The summed E-state index contributed by atoms with van der Waals surface area (Å²) in [6.07, 6.45) is 0. The first-order chi connectivity index (χ1) is 7.60. The van der Waals surface area contributed by atoms with E-state index < -0.39 is 5.97 Å². The molecule has 0 radical (unpaired) electrons. The summed E-state index contributed by atoms with van der Waals surface area (Å²) in [5.74, 6) is -0.124. The monoisotopic (exact) mass is 294 g/mol. The van der Waals surface area contributed by atoms with Gasteiger partial charge in [-0.15, -0.1) is 0 Å². The van der Waals surface area contributed by atoms with Crippen molar-refractivity contribution in [3.05, 3.63) is 30.4 Å². The van der Waals surface area contributed by atoms with Crippen molar-refractivity contribution in [2.75, 3.05) is 0 Å². The maximum absolute atomic E-state index is 11.4. The van der Waals surface area contributed by atoms with E-state index in [-0.39, 0.29) is 0 Å². The zero-order valence-electron chi connectivity index (χ0n) is 8.33. The van der Waals surface area contributed by atoms with Crippen LogP contribution in [0.3, 0.4) is 0 Å². The maximum Gasteiger partial charge on any atom is 0.338 e. The van der Waals surface area contributed by atoms with Crippen molar-refractivity contribution in [3.8, 4) is 5.75 Å². The molecule has 1 aromatic carbocycles. The number of para-hydroxylation sites is 1. The smallest absolute Gasteiger partial charge is 0.338 e. The predicted octanol–water partition coefficient (Wildman–Crippen LogP) is 4.66. The lowest BCUT2D eigenvalue weighted by Crippen LogP contribution is -2.09. The van der Waals surface area contributed by atoms with Gasteiger partial charge < -0.3 is 4.74 Å². The van der Waals surface area contributed by atoms with Gasteiger partial charge in [-0.2, -0.15) is 0 Å². The fourth-order valence-electron chi connectivity index (χ4n) is 0.898. The first kappa shape index (κ1) is 13.8. The van der Waals surface area contributed by atoms with Crippen molar-refractivity contribution in [1.29, 1.82) is 0 Å². The summed E-state index contributed by atoms with van der Waals surface area (Å²) in [6, 6.07) is 5.28. The second-order valence-corrected chi connectivity index (χ2v) is 5.02. The molecule has 0 aliphatic carbocycles. The molecule has 0 aliphatic rings. The first-order valence-electron chi connectivity index (χ1n) is 4.18. The van der Waals surface area contributed by atoms with Crippen LogP contribution in [0.5, 0.6) is 5.75 Å². The lowest BCUT2D eigenvalue weighted by molar-refractivity contribution is -0.130. The molecule has 0 atom stereocenters. The van der Waals surface area contributed by atoms with Crippen molar-refractivity contribution < 1.29 is 9.53 Å². The van der Waals surface area contributed by atoms with Crippen LogP contribution in [0, 0.1) is 0 Å². The summed E-state index contributed by atoms with van der Waals surface area (Å²) in [6.45, 7) is 5.08. The Bertz CT molecular complexity index is 399. The molecule has 0 saturated heterocycles. The SMILES string of the molecule is C=C(C)C(=O)Oc1c(SCl)cccc1SCl. The second kappa shape index (κ2) is 6.45. The minimum atomic E-state index is -0.495. The standard InChI is InChI=1S/C10H8Cl2O2S2/c1-6(2)10(13)14-9-7(15-11)4-3-5-8(9)16-12/h3-5H,1H2,2H3. The van der Waals surface area contributed by atoms with Gasteiger partial charge in [0, 0.05) is 5.57 Å². The van der Waals surface area contributed by atoms with Gasteiger partial charge in [0.25, 0.3) is 0 Å². The van der Waals surface area contributed by atoms with Crippen molar-refractivity contribution >= 4 is 49.3 Å². The fraction of sp³-hybridized carbons (Fsp3) is 0.100. The molecule has 2 nitrogen and oxygen atoms in total. The number of benzene rings is 1. The van der Waals surface area contributed by atoms with Crippen molar-refractivity contribution in [3.63, 3.8) is 0 Å². The first-order valence-corrected chi connectivity index (χ1v) is 7.46. The summed E-state index contributed by atoms with van der Waals surface area (Å²) in [7, 11) is 13.3. The summed E-state index contributed by atoms with van der Waals surface area (Å²) >= 11 is 0. The molecule has 0 saturated carbocycles. The van der Waals surface area contributed by atoms with Crippen molar-refractivity contribution in [2.24, 2.45) is 0 Å². The molecule has 0 N–H and O–H groups in total. The highest BCUT2D eigenvalue weighted by molar-refractivity contribution is 8.21. The van der Waals surface area contributed by atoms with Crippen LogP contribution in [-0.4, -0.2) is 5.97 Å². The summed E-state index contributed by atoms with van der Waals surface area (Å²) < 4.78 is 5.17. The molecule has 1 rings (SSSR count). The van der Waals surface area contributed by atoms with Crippen LogP contribution in [0.1, 0.15) is 6.92 Å². The van der Waals surface area contributed by atoms with Gasteiger partial charge in [0.05, 0.1) is 9.79 Å². The molecule has 0 aliphatic heterocycles. The summed E-state index contributed by atoms with van der Waals surface area (Å²) in [5.41, 5.74) is 0.319. The van der Waals surface area contributed by atoms with E-state index in [0.717, 1.165) is 22.0 Å². The maximum atomic E-state index is 11.4. The fourth-order valence-corrected chi connectivity index (χ4v) is 2.39. The van der Waals surface area contributed by atoms with E-state index in [9.17, 15) is 4.79 Å². The molecule has 1 aromatic rings. The number of carbonyl (C=O) groups excluding carboxylic acids is 1. The van der Waals surface area contributed by atoms with Crippen LogP contribution >= 0.6 is 43.3 Å². The Labute approximate surface area is 111 Å². The highest BCUT2D eigenvalue weighted by Gasteiger charge is 2.14. The molecule has 0 unspecified atom stereocenters. The van der Waals surface area contributed by atoms with Crippen LogP contribution in [0.15, 0.2) is 40.1 Å². The van der Waals surface area contributed by atoms with E-state index >= 15 is 0 Å². The number of hydrogen-bond acceptors (Lipinski definition) is 4. The van der Waals surface area contributed by atoms with Gasteiger partial charge >= 0.3 is 5.97 Å². The largest absolute Gasteiger partial charge is 0.421 e. The number of rotatable bonds is 4. The normalized spacial score (nSPS) is 9.94. The quantitative estimate of drug-likeness (QED) is 0.458. The van der Waals surface area contributed by atoms with Gasteiger partial charge in [0.2, 0.25) is 0 Å². The van der Waals surface area contributed by atoms with Crippen LogP contribution in [-0.2, 0) is 4.79 Å². The van der Waals surface area contributed by atoms with Crippen LogP contribution in [0.2, 0.25) is 0 Å². The Balaban J connectivity index is 3.09. The van der Waals surface area contributed by atoms with E-state index in [1.54, 1.807) is 25.1 Å². The second-order valence-electron chi connectivity index (χ2n) is 2.91. The topological polar surface area (TPSA) is 26.3 Å². The number of ether oxygens (including phenoxy) is 1. The van der Waals surface area contributed by atoms with E-state index in [0.29, 0.717) is 21.1 Å². The van der Waals surface area contributed by atoms with Gasteiger partial charge in [-0.25, -0.2) is 4.79 Å². The van der Waals surface area contributed by atoms with Gasteiger partial charge in [-0.05, 0) is 62.4 Å². The minimum absolute atomic E-state index is 0.319. The van der Waals surface area contributed by atoms with Gasteiger partial charge in [-0.3, -0.25) is 0 Å². The van der Waals surface area contributed by atoms with Crippen molar-refractivity contribution in [1.82, 2.24) is 0 Å². The molecule has 86 valence electrons. The molecule has 0 bridgehead atoms. The Morgan fingerprint density at radius 1 is 1.31 bits per heavy atom. The molecule has 0 fully saturated rings. The summed E-state index contributed by atoms with van der Waals surface area (Å²) in [5, 5.41) is 0. The van der Waals surface area contributed by atoms with E-state index in [1.165, 1.54) is 0 Å². The van der Waals surface area contributed by atoms with Gasteiger partial charge in [0.15, 0.2) is 5.75 Å². The molecule has 0 aromatic heterocycles. The zero-order chi connectivity index (χ0) is 12.1. The Hall–Kier alpha value is -0.290. The van der Waals surface area contributed by atoms with Crippen LogP contribution < -0.4 is 4.74 Å². The summed E-state index contributed by atoms with van der Waals surface area (Å²) in [4.78, 5) is 12.7. The number of carbonyl (C=O) groups is 1.